The number of halogens is 1. The molecule has 0 aliphatic heterocycles. The van der Waals surface area contributed by atoms with Crippen molar-refractivity contribution >= 4 is 6.29 Å². The maximum atomic E-state index is 12.9. The lowest BCUT2D eigenvalue weighted by Crippen LogP contribution is -1.89. The number of benzene rings is 1. The highest BCUT2D eigenvalue weighted by Crippen LogP contribution is 2.10. The fourth-order valence-corrected chi connectivity index (χ4v) is 1.35. The molecule has 1 aromatic carbocycles. The van der Waals surface area contributed by atoms with E-state index in [1.54, 1.807) is 0 Å². The molecule has 0 aliphatic rings. The summed E-state index contributed by atoms with van der Waals surface area (Å²) in [6.45, 7) is 1.87. The largest absolute Gasteiger partial charge is 0.303 e. The monoisotopic (exact) mass is 180 g/mol. The van der Waals surface area contributed by atoms with E-state index in [9.17, 15) is 9.18 Å². The Labute approximate surface area is 77.6 Å². The van der Waals surface area contributed by atoms with Crippen LogP contribution in [0.4, 0.5) is 4.39 Å². The summed E-state index contributed by atoms with van der Waals surface area (Å²) in [5, 5.41) is 0. The molecule has 0 bridgehead atoms. The molecule has 2 heteroatoms. The topological polar surface area (TPSA) is 17.1 Å². The summed E-state index contributed by atoms with van der Waals surface area (Å²) in [6, 6.07) is 4.98. The lowest BCUT2D eigenvalue weighted by atomic mass is 10.1. The van der Waals surface area contributed by atoms with E-state index in [2.05, 4.69) is 0 Å². The van der Waals surface area contributed by atoms with Gasteiger partial charge in [0.15, 0.2) is 0 Å². The van der Waals surface area contributed by atoms with Crippen LogP contribution in [0.3, 0.4) is 0 Å². The van der Waals surface area contributed by atoms with Crippen LogP contribution in [0.5, 0.6) is 0 Å². The van der Waals surface area contributed by atoms with Crippen molar-refractivity contribution in [2.75, 3.05) is 0 Å². The molecule has 1 rings (SSSR count). The fraction of sp³-hybridized carbons (Fsp3) is 0.364. The number of rotatable bonds is 4. The molecule has 1 nitrogen and oxygen atoms in total. The van der Waals surface area contributed by atoms with Gasteiger partial charge in [-0.05, 0) is 43.0 Å². The third-order valence-electron chi connectivity index (χ3n) is 1.89. The average Bonchev–Trinajstić information content (AvgIpc) is 2.03. The van der Waals surface area contributed by atoms with Gasteiger partial charge >= 0.3 is 0 Å². The minimum absolute atomic E-state index is 0.193. The zero-order valence-corrected chi connectivity index (χ0v) is 7.72. The highest BCUT2D eigenvalue weighted by atomic mass is 19.1. The summed E-state index contributed by atoms with van der Waals surface area (Å²) in [5.41, 5.74) is 1.90. The number of aryl methyl sites for hydroxylation is 2. The molecule has 0 heterocycles. The molecule has 0 radical (unpaired) electrons. The van der Waals surface area contributed by atoms with Crippen LogP contribution in [0.15, 0.2) is 18.2 Å². The first-order chi connectivity index (χ1) is 6.22. The Hall–Kier alpha value is -1.18. The predicted molar refractivity (Wildman–Crippen MR) is 50.1 cm³/mol. The van der Waals surface area contributed by atoms with Crippen LogP contribution in [0, 0.1) is 12.7 Å². The molecule has 70 valence electrons. The van der Waals surface area contributed by atoms with E-state index >= 15 is 0 Å². The van der Waals surface area contributed by atoms with Gasteiger partial charge in [-0.25, -0.2) is 4.39 Å². The SMILES string of the molecule is Cc1cc(F)cc(CCCC=O)c1. The summed E-state index contributed by atoms with van der Waals surface area (Å²) >= 11 is 0. The maximum Gasteiger partial charge on any atom is 0.123 e. The minimum Gasteiger partial charge on any atom is -0.303 e. The van der Waals surface area contributed by atoms with Crippen molar-refractivity contribution in [2.24, 2.45) is 0 Å². The van der Waals surface area contributed by atoms with Crippen LogP contribution in [0.25, 0.3) is 0 Å². The van der Waals surface area contributed by atoms with Gasteiger partial charge in [0.25, 0.3) is 0 Å². The summed E-state index contributed by atoms with van der Waals surface area (Å²) in [5.74, 6) is -0.193. The fourth-order valence-electron chi connectivity index (χ4n) is 1.35. The summed E-state index contributed by atoms with van der Waals surface area (Å²) in [6.07, 6.45) is 3.02. The molecule has 1 aromatic rings. The van der Waals surface area contributed by atoms with Gasteiger partial charge < -0.3 is 4.79 Å². The van der Waals surface area contributed by atoms with Crippen molar-refractivity contribution in [3.8, 4) is 0 Å². The first-order valence-electron chi connectivity index (χ1n) is 4.42. The summed E-state index contributed by atoms with van der Waals surface area (Å²) in [7, 11) is 0. The second-order valence-corrected chi connectivity index (χ2v) is 3.20. The van der Waals surface area contributed by atoms with Gasteiger partial charge in [0.1, 0.15) is 12.1 Å². The van der Waals surface area contributed by atoms with Crippen molar-refractivity contribution in [2.45, 2.75) is 26.2 Å². The molecule has 0 spiro atoms. The van der Waals surface area contributed by atoms with Gasteiger partial charge in [-0.1, -0.05) is 6.07 Å². The minimum atomic E-state index is -0.193. The lowest BCUT2D eigenvalue weighted by Gasteiger charge is -2.01. The Morgan fingerprint density at radius 1 is 1.38 bits per heavy atom. The van der Waals surface area contributed by atoms with E-state index in [1.807, 2.05) is 13.0 Å². The third-order valence-corrected chi connectivity index (χ3v) is 1.89. The van der Waals surface area contributed by atoms with Crippen molar-refractivity contribution < 1.29 is 9.18 Å². The van der Waals surface area contributed by atoms with Crippen LogP contribution in [0.1, 0.15) is 24.0 Å². The highest BCUT2D eigenvalue weighted by Gasteiger charge is 1.97. The summed E-state index contributed by atoms with van der Waals surface area (Å²) < 4.78 is 12.9. The van der Waals surface area contributed by atoms with Crippen LogP contribution >= 0.6 is 0 Å². The Morgan fingerprint density at radius 3 is 2.77 bits per heavy atom. The Morgan fingerprint density at radius 2 is 2.15 bits per heavy atom. The van der Waals surface area contributed by atoms with E-state index in [4.69, 9.17) is 0 Å². The zero-order valence-electron chi connectivity index (χ0n) is 7.72. The number of carbonyl (C=O) groups excluding carboxylic acids is 1. The standard InChI is InChI=1S/C11H13FO/c1-9-6-10(4-2-3-5-13)8-11(12)7-9/h5-8H,2-4H2,1H3. The molecule has 13 heavy (non-hydrogen) atoms. The molecule has 0 N–H and O–H groups in total. The van der Waals surface area contributed by atoms with Crippen LogP contribution in [-0.4, -0.2) is 6.29 Å². The molecular weight excluding hydrogens is 167 g/mol. The Kier molecular flexibility index (Phi) is 3.62. The molecule has 0 unspecified atom stereocenters. The molecule has 0 fully saturated rings. The molecule has 0 aliphatic carbocycles. The Balaban J connectivity index is 2.60. The van der Waals surface area contributed by atoms with Crippen molar-refractivity contribution in [1.29, 1.82) is 0 Å². The van der Waals surface area contributed by atoms with E-state index in [0.29, 0.717) is 6.42 Å². The van der Waals surface area contributed by atoms with Gasteiger partial charge in [0, 0.05) is 6.42 Å². The highest BCUT2D eigenvalue weighted by molar-refractivity contribution is 5.49. The van der Waals surface area contributed by atoms with Gasteiger partial charge in [-0.2, -0.15) is 0 Å². The van der Waals surface area contributed by atoms with Gasteiger partial charge in [-0.15, -0.1) is 0 Å². The molecule has 0 amide bonds. The first-order valence-corrected chi connectivity index (χ1v) is 4.42. The van der Waals surface area contributed by atoms with E-state index in [0.717, 1.165) is 30.3 Å². The van der Waals surface area contributed by atoms with Crippen molar-refractivity contribution in [1.82, 2.24) is 0 Å². The smallest absolute Gasteiger partial charge is 0.123 e. The molecule has 0 saturated heterocycles. The number of hydrogen-bond acceptors (Lipinski definition) is 1. The number of hydrogen-bond donors (Lipinski definition) is 0. The second-order valence-electron chi connectivity index (χ2n) is 3.20. The quantitative estimate of drug-likeness (QED) is 0.514. The molecule has 0 saturated carbocycles. The normalized spacial score (nSPS) is 10.0. The van der Waals surface area contributed by atoms with E-state index in [1.165, 1.54) is 12.1 Å². The van der Waals surface area contributed by atoms with Crippen molar-refractivity contribution in [3.63, 3.8) is 0 Å². The molecule has 0 atom stereocenters. The molecule has 0 aromatic heterocycles. The molecular formula is C11H13FO. The number of carbonyl (C=O) groups is 1. The van der Waals surface area contributed by atoms with Gasteiger partial charge in [0.2, 0.25) is 0 Å². The predicted octanol–water partition coefficient (Wildman–Crippen LogP) is 2.66. The van der Waals surface area contributed by atoms with Gasteiger partial charge in [-0.3, -0.25) is 0 Å². The maximum absolute atomic E-state index is 12.9. The van der Waals surface area contributed by atoms with Crippen LogP contribution in [-0.2, 0) is 11.2 Å². The van der Waals surface area contributed by atoms with Crippen molar-refractivity contribution in [3.05, 3.63) is 35.1 Å². The van der Waals surface area contributed by atoms with E-state index < -0.39 is 0 Å². The average molecular weight is 180 g/mol. The second kappa shape index (κ2) is 4.75. The Bertz CT molecular complexity index is 274. The van der Waals surface area contributed by atoms with Crippen LogP contribution < -0.4 is 0 Å². The third kappa shape index (κ3) is 3.36. The van der Waals surface area contributed by atoms with E-state index in [-0.39, 0.29) is 5.82 Å². The summed E-state index contributed by atoms with van der Waals surface area (Å²) in [4.78, 5) is 10.1. The van der Waals surface area contributed by atoms with Gasteiger partial charge in [0.05, 0.1) is 0 Å². The first kappa shape index (κ1) is 9.90. The zero-order chi connectivity index (χ0) is 9.68. The number of aldehydes is 1. The number of unbranched alkanes of at least 4 members (excludes halogenated alkanes) is 1. The van der Waals surface area contributed by atoms with Crippen LogP contribution in [0.2, 0.25) is 0 Å². The lowest BCUT2D eigenvalue weighted by molar-refractivity contribution is -0.107.